The van der Waals surface area contributed by atoms with E-state index in [1.54, 1.807) is 0 Å². The molecule has 0 amide bonds. The van der Waals surface area contributed by atoms with Crippen LogP contribution in [0.25, 0.3) is 0 Å². The van der Waals surface area contributed by atoms with E-state index in [0.29, 0.717) is 0 Å². The zero-order chi connectivity index (χ0) is 3.41. The molecule has 0 rings (SSSR count). The van der Waals surface area contributed by atoms with Gasteiger partial charge in [0, 0.05) is 0 Å². The van der Waals surface area contributed by atoms with E-state index in [4.69, 9.17) is 0 Å². The predicted molar refractivity (Wildman–Crippen MR) is 46.4 cm³/mol. The molecule has 0 aromatic rings. The normalized spacial score (nSPS) is 4.29. The van der Waals surface area contributed by atoms with Crippen LogP contribution in [0.4, 0.5) is 0 Å². The van der Waals surface area contributed by atoms with Gasteiger partial charge in [0.05, 0.1) is 0 Å². The van der Waals surface area contributed by atoms with Gasteiger partial charge in [-0.2, -0.15) is 0 Å². The molecule has 0 aromatic carbocycles. The van der Waals surface area contributed by atoms with Crippen LogP contribution < -0.4 is 0 Å². The maximum absolute atomic E-state index is 2.18. The van der Waals surface area contributed by atoms with Gasteiger partial charge in [0.1, 0.15) is 0 Å². The van der Waals surface area contributed by atoms with Gasteiger partial charge in [-0.3, -0.25) is 0 Å². The predicted octanol–water partition coefficient (Wildman–Crippen LogP) is 1.20. The van der Waals surface area contributed by atoms with Gasteiger partial charge >= 0.3 is 17.6 Å². The molecule has 0 saturated heterocycles. The van der Waals surface area contributed by atoms with E-state index in [0.717, 1.165) is 0 Å². The van der Waals surface area contributed by atoms with Crippen molar-refractivity contribution in [3.8, 4) is 0 Å². The molecule has 0 atom stereocenters. The number of halogens is 2. The van der Waals surface area contributed by atoms with E-state index in [1.807, 2.05) is 0 Å². The Labute approximate surface area is 69.2 Å². The Bertz CT molecular complexity index is 11.7. The van der Waals surface area contributed by atoms with E-state index < -0.39 is 0 Å². The van der Waals surface area contributed by atoms with Crippen LogP contribution in [-0.4, -0.2) is 17.6 Å². The van der Waals surface area contributed by atoms with Gasteiger partial charge in [0.15, 0.2) is 0 Å². The summed E-state index contributed by atoms with van der Waals surface area (Å²) in [5.41, 5.74) is 0. The molecular formula is C4H16Cl2Ge. The first-order chi connectivity index (χ1) is 1.91. The summed E-state index contributed by atoms with van der Waals surface area (Å²) in [4.78, 5) is 0. The summed E-state index contributed by atoms with van der Waals surface area (Å²) in [7, 11) is 0. The maximum atomic E-state index is 2.18. The quantitative estimate of drug-likeness (QED) is 0.567. The van der Waals surface area contributed by atoms with Crippen LogP contribution in [-0.2, 0) is 0 Å². The summed E-state index contributed by atoms with van der Waals surface area (Å²) in [5, 5.41) is 0. The molecule has 0 N–H and O–H groups in total. The molecule has 0 aliphatic rings. The molecule has 0 unspecified atom stereocenters. The molecule has 0 aromatic heterocycles. The first-order valence-electron chi connectivity index (χ1n) is 1.91. The van der Waals surface area contributed by atoms with E-state index in [1.165, 1.54) is 12.8 Å². The summed E-state index contributed by atoms with van der Waals surface area (Å²) in [6.45, 7) is 4.36. The third-order valence-electron chi connectivity index (χ3n) is 0.500. The molecule has 7 heavy (non-hydrogen) atoms. The van der Waals surface area contributed by atoms with Crippen molar-refractivity contribution in [3.63, 3.8) is 0 Å². The molecule has 0 spiro atoms. The van der Waals surface area contributed by atoms with Gasteiger partial charge in [-0.25, -0.2) is 0 Å². The molecule has 0 saturated carbocycles. The number of unbranched alkanes of at least 4 members (excludes halogenated alkanes) is 1. The molecule has 0 fully saturated rings. The Hall–Kier alpha value is 1.12. The fraction of sp³-hybridized carbons (Fsp3) is 1.00. The third kappa shape index (κ3) is 41.5. The Morgan fingerprint density at radius 2 is 1.00 bits per heavy atom. The number of rotatable bonds is 1. The summed E-state index contributed by atoms with van der Waals surface area (Å²) < 4.78 is 0. The third-order valence-corrected chi connectivity index (χ3v) is 0.500. The molecule has 0 aliphatic heterocycles. The topological polar surface area (TPSA) is 0 Å². The van der Waals surface area contributed by atoms with E-state index >= 15 is 0 Å². The van der Waals surface area contributed by atoms with Crippen molar-refractivity contribution >= 4 is 42.4 Å². The second-order valence-electron chi connectivity index (χ2n) is 1.000. The van der Waals surface area contributed by atoms with Crippen molar-refractivity contribution in [2.24, 2.45) is 0 Å². The van der Waals surface area contributed by atoms with Crippen molar-refractivity contribution in [3.05, 3.63) is 0 Å². The number of hydrogen-bond donors (Lipinski definition) is 0. The van der Waals surface area contributed by atoms with Gasteiger partial charge in [-0.15, -0.1) is 24.8 Å². The Balaban J connectivity index is -0.0000000150. The minimum absolute atomic E-state index is 0. The average Bonchev–Trinajstić information content (AvgIpc) is 1.37. The zero-order valence-electron chi connectivity index (χ0n) is 4.23. The van der Waals surface area contributed by atoms with Gasteiger partial charge in [0.2, 0.25) is 0 Å². The Morgan fingerprint density at radius 1 is 0.857 bits per heavy atom. The van der Waals surface area contributed by atoms with Crippen LogP contribution in [0.3, 0.4) is 0 Å². The van der Waals surface area contributed by atoms with Crippen molar-refractivity contribution in [2.75, 3.05) is 0 Å². The summed E-state index contributed by atoms with van der Waals surface area (Å²) in [5.74, 6) is 0. The zero-order valence-corrected chi connectivity index (χ0v) is 5.86. The van der Waals surface area contributed by atoms with Crippen molar-refractivity contribution in [1.29, 1.82) is 0 Å². The van der Waals surface area contributed by atoms with Gasteiger partial charge in [-0.1, -0.05) is 26.7 Å². The first kappa shape index (κ1) is 24.2. The molecular weight excluding hydrogens is 192 g/mol. The molecule has 0 heterocycles. The monoisotopic (exact) mass is 208 g/mol. The molecule has 3 heteroatoms. The summed E-state index contributed by atoms with van der Waals surface area (Å²) >= 11 is 0. The van der Waals surface area contributed by atoms with Crippen LogP contribution in [0.15, 0.2) is 0 Å². The summed E-state index contributed by atoms with van der Waals surface area (Å²) in [6, 6.07) is 0. The van der Waals surface area contributed by atoms with Crippen LogP contribution in [0.5, 0.6) is 0 Å². The average molecular weight is 208 g/mol. The fourth-order valence-corrected chi connectivity index (χ4v) is 0. The van der Waals surface area contributed by atoms with Crippen molar-refractivity contribution in [1.82, 2.24) is 0 Å². The Morgan fingerprint density at radius 3 is 1.00 bits per heavy atom. The van der Waals surface area contributed by atoms with E-state index in [2.05, 4.69) is 13.8 Å². The van der Waals surface area contributed by atoms with Crippen molar-refractivity contribution < 1.29 is 0 Å². The fourth-order valence-electron chi connectivity index (χ4n) is 0. The van der Waals surface area contributed by atoms with E-state index in [-0.39, 0.29) is 42.4 Å². The standard InChI is InChI=1S/C4H10.2ClH.GeH4/c1-3-4-2;;;/h3-4H2,1-2H3;2*1H;1H4. The molecule has 0 bridgehead atoms. The summed E-state index contributed by atoms with van der Waals surface area (Å²) in [6.07, 6.45) is 2.64. The molecule has 50 valence electrons. The van der Waals surface area contributed by atoms with Gasteiger partial charge < -0.3 is 0 Å². The van der Waals surface area contributed by atoms with Gasteiger partial charge in [0.25, 0.3) is 0 Å². The van der Waals surface area contributed by atoms with Gasteiger partial charge in [-0.05, 0) is 0 Å². The molecule has 0 nitrogen and oxygen atoms in total. The second kappa shape index (κ2) is 27.4. The van der Waals surface area contributed by atoms with Crippen LogP contribution in [0.2, 0.25) is 0 Å². The van der Waals surface area contributed by atoms with E-state index in [9.17, 15) is 0 Å². The van der Waals surface area contributed by atoms with Crippen LogP contribution in [0, 0.1) is 0 Å². The molecule has 0 aliphatic carbocycles. The Kier molecular flexibility index (Phi) is 94.8. The van der Waals surface area contributed by atoms with Crippen molar-refractivity contribution in [2.45, 2.75) is 26.7 Å². The number of hydrogen-bond acceptors (Lipinski definition) is 0. The van der Waals surface area contributed by atoms with Crippen LogP contribution in [0.1, 0.15) is 26.7 Å². The minimum atomic E-state index is 0. The second-order valence-corrected chi connectivity index (χ2v) is 1.000. The molecule has 0 radical (unpaired) electrons. The SMILES string of the molecule is CCCC.Cl.Cl.[GeH4]. The van der Waals surface area contributed by atoms with Crippen LogP contribution >= 0.6 is 24.8 Å². The first-order valence-corrected chi connectivity index (χ1v) is 1.91.